The minimum atomic E-state index is -0.917. The zero-order valence-electron chi connectivity index (χ0n) is 11.1. The van der Waals surface area contributed by atoms with Crippen molar-refractivity contribution in [2.24, 2.45) is 17.3 Å². The van der Waals surface area contributed by atoms with Crippen LogP contribution in [0.3, 0.4) is 0 Å². The molecule has 1 aromatic carbocycles. The van der Waals surface area contributed by atoms with E-state index in [1.807, 2.05) is 0 Å². The molecule has 0 spiro atoms. The topological polar surface area (TPSA) is 75.6 Å². The smallest absolute Gasteiger partial charge is 0.307 e. The maximum Gasteiger partial charge on any atom is 0.307 e. The van der Waals surface area contributed by atoms with Gasteiger partial charge < -0.3 is 15.2 Å². The second kappa shape index (κ2) is 4.57. The van der Waals surface area contributed by atoms with E-state index in [2.05, 4.69) is 5.32 Å². The van der Waals surface area contributed by atoms with Crippen molar-refractivity contribution >= 4 is 17.6 Å². The Bertz CT molecular complexity index is 507. The summed E-state index contributed by atoms with van der Waals surface area (Å²) in [7, 11) is 1.57. The SMILES string of the molecule is COc1ccc(NC(=O)[C@H]2[C@@H](C(=O)O)C2(C)C)cc1. The highest BCUT2D eigenvalue weighted by molar-refractivity contribution is 5.99. The summed E-state index contributed by atoms with van der Waals surface area (Å²) in [4.78, 5) is 23.1. The van der Waals surface area contributed by atoms with Crippen molar-refractivity contribution < 1.29 is 19.4 Å². The van der Waals surface area contributed by atoms with Gasteiger partial charge in [-0.15, -0.1) is 0 Å². The molecule has 0 bridgehead atoms. The van der Waals surface area contributed by atoms with Gasteiger partial charge in [0, 0.05) is 5.69 Å². The van der Waals surface area contributed by atoms with Gasteiger partial charge >= 0.3 is 5.97 Å². The van der Waals surface area contributed by atoms with Crippen molar-refractivity contribution in [2.45, 2.75) is 13.8 Å². The molecule has 2 rings (SSSR count). The predicted molar refractivity (Wildman–Crippen MR) is 70.0 cm³/mol. The molecule has 0 heterocycles. The zero-order valence-corrected chi connectivity index (χ0v) is 11.1. The first kappa shape index (κ1) is 13.4. The molecule has 0 aromatic heterocycles. The van der Waals surface area contributed by atoms with Crippen LogP contribution in [-0.2, 0) is 9.59 Å². The molecule has 2 N–H and O–H groups in total. The lowest BCUT2D eigenvalue weighted by Gasteiger charge is -2.07. The van der Waals surface area contributed by atoms with Crippen LogP contribution in [0.2, 0.25) is 0 Å². The van der Waals surface area contributed by atoms with Crippen LogP contribution in [-0.4, -0.2) is 24.1 Å². The van der Waals surface area contributed by atoms with Gasteiger partial charge in [-0.3, -0.25) is 9.59 Å². The van der Waals surface area contributed by atoms with Crippen LogP contribution >= 0.6 is 0 Å². The highest BCUT2D eigenvalue weighted by atomic mass is 16.5. The Morgan fingerprint density at radius 1 is 1.21 bits per heavy atom. The van der Waals surface area contributed by atoms with E-state index in [4.69, 9.17) is 9.84 Å². The highest BCUT2D eigenvalue weighted by Gasteiger charge is 2.65. The second-order valence-corrected chi connectivity index (χ2v) is 5.33. The highest BCUT2D eigenvalue weighted by Crippen LogP contribution is 2.58. The molecule has 5 nitrogen and oxygen atoms in total. The van der Waals surface area contributed by atoms with E-state index in [0.717, 1.165) is 0 Å². The van der Waals surface area contributed by atoms with Crippen LogP contribution in [0, 0.1) is 17.3 Å². The van der Waals surface area contributed by atoms with Crippen molar-refractivity contribution in [3.8, 4) is 5.75 Å². The number of carbonyl (C=O) groups is 2. The molecule has 1 aromatic rings. The molecule has 0 unspecified atom stereocenters. The second-order valence-electron chi connectivity index (χ2n) is 5.33. The van der Waals surface area contributed by atoms with Gasteiger partial charge in [-0.25, -0.2) is 0 Å². The molecule has 0 radical (unpaired) electrons. The number of amides is 1. The third-order valence-electron chi connectivity index (χ3n) is 3.73. The molecule has 19 heavy (non-hydrogen) atoms. The number of carboxylic acids is 1. The third kappa shape index (κ3) is 2.41. The van der Waals surface area contributed by atoms with E-state index in [9.17, 15) is 9.59 Å². The molecule has 1 aliphatic carbocycles. The first-order valence-corrected chi connectivity index (χ1v) is 6.05. The van der Waals surface area contributed by atoms with E-state index >= 15 is 0 Å². The van der Waals surface area contributed by atoms with Crippen LogP contribution in [0.25, 0.3) is 0 Å². The summed E-state index contributed by atoms with van der Waals surface area (Å²) < 4.78 is 5.03. The van der Waals surface area contributed by atoms with E-state index < -0.39 is 23.2 Å². The number of hydrogen-bond acceptors (Lipinski definition) is 3. The molecule has 1 saturated carbocycles. The Hall–Kier alpha value is -2.04. The largest absolute Gasteiger partial charge is 0.497 e. The molecule has 1 aliphatic rings. The normalized spacial score (nSPS) is 23.5. The Balaban J connectivity index is 2.04. The Labute approximate surface area is 111 Å². The van der Waals surface area contributed by atoms with Crippen LogP contribution in [0.4, 0.5) is 5.69 Å². The van der Waals surface area contributed by atoms with Gasteiger partial charge in [0.25, 0.3) is 0 Å². The molecule has 5 heteroatoms. The Kier molecular flexibility index (Phi) is 3.22. The summed E-state index contributed by atoms with van der Waals surface area (Å²) in [5, 5.41) is 11.8. The van der Waals surface area contributed by atoms with Crippen molar-refractivity contribution in [2.75, 3.05) is 12.4 Å². The maximum atomic E-state index is 12.1. The molecular formula is C14H17NO4. The van der Waals surface area contributed by atoms with Crippen molar-refractivity contribution in [3.63, 3.8) is 0 Å². The monoisotopic (exact) mass is 263 g/mol. The summed E-state index contributed by atoms with van der Waals surface area (Å²) >= 11 is 0. The van der Waals surface area contributed by atoms with Gasteiger partial charge in [-0.05, 0) is 29.7 Å². The Morgan fingerprint density at radius 2 is 1.79 bits per heavy atom. The van der Waals surface area contributed by atoms with Gasteiger partial charge in [0.1, 0.15) is 5.75 Å². The van der Waals surface area contributed by atoms with Gasteiger partial charge in [-0.2, -0.15) is 0 Å². The number of ether oxygens (including phenoxy) is 1. The van der Waals surface area contributed by atoms with E-state index in [0.29, 0.717) is 11.4 Å². The molecule has 2 atom stereocenters. The molecular weight excluding hydrogens is 246 g/mol. The predicted octanol–water partition coefficient (Wildman–Crippen LogP) is 1.99. The van der Waals surface area contributed by atoms with E-state index in [1.54, 1.807) is 45.2 Å². The fourth-order valence-corrected chi connectivity index (χ4v) is 2.48. The van der Waals surface area contributed by atoms with Crippen LogP contribution in [0.15, 0.2) is 24.3 Å². The standard InChI is InChI=1S/C14H17NO4/c1-14(2)10(11(14)13(17)18)12(16)15-8-4-6-9(19-3)7-5-8/h4-7,10-11H,1-3H3,(H,15,16)(H,17,18)/t10-,11+/m1/s1. The van der Waals surface area contributed by atoms with Crippen molar-refractivity contribution in [1.82, 2.24) is 0 Å². The minimum absolute atomic E-state index is 0.248. The Morgan fingerprint density at radius 3 is 2.21 bits per heavy atom. The molecule has 1 amide bonds. The average molecular weight is 263 g/mol. The zero-order chi connectivity index (χ0) is 14.2. The number of methoxy groups -OCH3 is 1. The average Bonchev–Trinajstić information content (AvgIpc) is 2.93. The molecule has 102 valence electrons. The van der Waals surface area contributed by atoms with Crippen LogP contribution in [0.5, 0.6) is 5.75 Å². The third-order valence-corrected chi connectivity index (χ3v) is 3.73. The number of benzene rings is 1. The lowest BCUT2D eigenvalue weighted by Crippen LogP contribution is -2.17. The summed E-state index contributed by atoms with van der Waals surface area (Å²) in [6.45, 7) is 3.59. The maximum absolute atomic E-state index is 12.1. The van der Waals surface area contributed by atoms with Gasteiger partial charge in [-0.1, -0.05) is 13.8 Å². The van der Waals surface area contributed by atoms with Crippen LogP contribution < -0.4 is 10.1 Å². The molecule has 1 fully saturated rings. The number of anilines is 1. The molecule has 0 saturated heterocycles. The van der Waals surface area contributed by atoms with Gasteiger partial charge in [0.05, 0.1) is 18.9 Å². The van der Waals surface area contributed by atoms with Gasteiger partial charge in [0.15, 0.2) is 0 Å². The van der Waals surface area contributed by atoms with Gasteiger partial charge in [0.2, 0.25) is 5.91 Å². The number of carbonyl (C=O) groups excluding carboxylic acids is 1. The number of carboxylic acid groups (broad SMARTS) is 1. The number of nitrogens with one attached hydrogen (secondary N) is 1. The van der Waals surface area contributed by atoms with Crippen LogP contribution in [0.1, 0.15) is 13.8 Å². The summed E-state index contributed by atoms with van der Waals surface area (Å²) in [6.07, 6.45) is 0. The fraction of sp³-hybridized carbons (Fsp3) is 0.429. The minimum Gasteiger partial charge on any atom is -0.497 e. The van der Waals surface area contributed by atoms with E-state index in [-0.39, 0.29) is 5.91 Å². The van der Waals surface area contributed by atoms with Crippen molar-refractivity contribution in [3.05, 3.63) is 24.3 Å². The lowest BCUT2D eigenvalue weighted by atomic mass is 10.1. The number of aliphatic carboxylic acids is 1. The lowest BCUT2D eigenvalue weighted by molar-refractivity contribution is -0.140. The summed E-state index contributed by atoms with van der Waals surface area (Å²) in [5.74, 6) is -1.55. The van der Waals surface area contributed by atoms with Crippen molar-refractivity contribution in [1.29, 1.82) is 0 Å². The molecule has 0 aliphatic heterocycles. The number of hydrogen-bond donors (Lipinski definition) is 2. The fourth-order valence-electron chi connectivity index (χ4n) is 2.48. The number of rotatable bonds is 4. The first-order valence-electron chi connectivity index (χ1n) is 6.05. The van der Waals surface area contributed by atoms with E-state index in [1.165, 1.54) is 0 Å². The quantitative estimate of drug-likeness (QED) is 0.871. The summed E-state index contributed by atoms with van der Waals surface area (Å²) in [6, 6.07) is 6.93. The summed E-state index contributed by atoms with van der Waals surface area (Å²) in [5.41, 5.74) is 0.153. The first-order chi connectivity index (χ1) is 8.87.